The molecule has 0 aromatic carbocycles. The van der Waals surface area contributed by atoms with Crippen LogP contribution in [0, 0.1) is 0 Å². The van der Waals surface area contributed by atoms with Crippen molar-refractivity contribution in [2.75, 3.05) is 26.8 Å². The van der Waals surface area contributed by atoms with Crippen LogP contribution in [0.25, 0.3) is 0 Å². The molecule has 6 nitrogen and oxygen atoms in total. The molecule has 0 spiro atoms. The van der Waals surface area contributed by atoms with E-state index in [9.17, 15) is 10.2 Å². The van der Waals surface area contributed by atoms with Gasteiger partial charge in [0.05, 0.1) is 0 Å². The molecular formula is C18H37BrO6Si2. The molecule has 0 heterocycles. The highest BCUT2D eigenvalue weighted by Gasteiger charge is 2.40. The fourth-order valence-corrected chi connectivity index (χ4v) is 4.55. The number of rotatable bonds is 12. The molecule has 0 amide bonds. The van der Waals surface area contributed by atoms with Gasteiger partial charge in [0.15, 0.2) is 0 Å². The Kier molecular flexibility index (Phi) is 10.9. The Morgan fingerprint density at radius 1 is 0.889 bits per heavy atom. The summed E-state index contributed by atoms with van der Waals surface area (Å²) in [5, 5.41) is 20.3. The van der Waals surface area contributed by atoms with Gasteiger partial charge in [0.1, 0.15) is 38.0 Å². The molecule has 1 aliphatic rings. The lowest BCUT2D eigenvalue weighted by molar-refractivity contribution is -0.195. The smallest absolute Gasteiger partial charge is 0.147 e. The summed E-state index contributed by atoms with van der Waals surface area (Å²) >= 11 is 3.41. The summed E-state index contributed by atoms with van der Waals surface area (Å²) in [6.07, 6.45) is -1.84. The van der Waals surface area contributed by atoms with Crippen LogP contribution in [0.3, 0.4) is 0 Å². The molecule has 0 bridgehead atoms. The van der Waals surface area contributed by atoms with Crippen LogP contribution in [0.4, 0.5) is 0 Å². The molecule has 0 aromatic rings. The third-order valence-electron chi connectivity index (χ3n) is 4.25. The lowest BCUT2D eigenvalue weighted by Crippen LogP contribution is -2.50. The Balaban J connectivity index is 2.48. The Bertz CT molecular complexity index is 464. The maximum Gasteiger partial charge on any atom is 0.147 e. The van der Waals surface area contributed by atoms with Crippen molar-refractivity contribution in [3.63, 3.8) is 0 Å². The zero-order valence-corrected chi connectivity index (χ0v) is 21.1. The van der Waals surface area contributed by atoms with Gasteiger partial charge < -0.3 is 29.2 Å². The highest BCUT2D eigenvalue weighted by atomic mass is 79.9. The summed E-state index contributed by atoms with van der Waals surface area (Å²) in [5.41, 5.74) is 0. The molecular weight excluding hydrogens is 448 g/mol. The van der Waals surface area contributed by atoms with Gasteiger partial charge in [-0.2, -0.15) is 0 Å². The summed E-state index contributed by atoms with van der Waals surface area (Å²) in [6, 6.07) is 2.10. The van der Waals surface area contributed by atoms with Crippen LogP contribution in [0.5, 0.6) is 0 Å². The fourth-order valence-electron chi connectivity index (χ4n) is 2.37. The molecule has 0 unspecified atom stereocenters. The average Bonchev–Trinajstić information content (AvgIpc) is 2.51. The summed E-state index contributed by atoms with van der Waals surface area (Å²) in [4.78, 5) is 0. The average molecular weight is 486 g/mol. The van der Waals surface area contributed by atoms with E-state index in [1.54, 1.807) is 0 Å². The predicted molar refractivity (Wildman–Crippen MR) is 117 cm³/mol. The first-order chi connectivity index (χ1) is 12.4. The first kappa shape index (κ1) is 25.5. The minimum Gasteiger partial charge on any atom is -0.387 e. The van der Waals surface area contributed by atoms with Gasteiger partial charge in [-0.25, -0.2) is 0 Å². The van der Waals surface area contributed by atoms with E-state index in [-0.39, 0.29) is 13.6 Å². The van der Waals surface area contributed by atoms with E-state index >= 15 is 0 Å². The van der Waals surface area contributed by atoms with Crippen molar-refractivity contribution in [3.8, 4) is 0 Å². The largest absolute Gasteiger partial charge is 0.387 e. The number of hydrogen-bond donors (Lipinski definition) is 2. The van der Waals surface area contributed by atoms with E-state index in [1.165, 1.54) is 6.08 Å². The minimum absolute atomic E-state index is 0.0511. The molecule has 2 N–H and O–H groups in total. The molecule has 0 aliphatic heterocycles. The van der Waals surface area contributed by atoms with Crippen molar-refractivity contribution in [1.82, 2.24) is 0 Å². The van der Waals surface area contributed by atoms with Crippen LogP contribution < -0.4 is 0 Å². The molecule has 9 heteroatoms. The van der Waals surface area contributed by atoms with E-state index in [1.807, 2.05) is 0 Å². The van der Waals surface area contributed by atoms with E-state index in [4.69, 9.17) is 18.9 Å². The monoisotopic (exact) mass is 484 g/mol. The van der Waals surface area contributed by atoms with Gasteiger partial charge in [-0.3, -0.25) is 0 Å². The molecule has 4 atom stereocenters. The SMILES string of the molecule is C[Si](C)(C)CCOCO[C@H]1[C@@H](O)[C@@H](O)C=C(Br)[C@H]1OCOCC[Si](C)(C)C. The van der Waals surface area contributed by atoms with E-state index < -0.39 is 40.6 Å². The van der Waals surface area contributed by atoms with Crippen LogP contribution >= 0.6 is 15.9 Å². The van der Waals surface area contributed by atoms with E-state index in [2.05, 4.69) is 55.2 Å². The van der Waals surface area contributed by atoms with Gasteiger partial charge >= 0.3 is 0 Å². The summed E-state index contributed by atoms with van der Waals surface area (Å²) in [6.45, 7) is 15.2. The van der Waals surface area contributed by atoms with Crippen molar-refractivity contribution in [2.45, 2.75) is 75.8 Å². The molecule has 0 saturated heterocycles. The lowest BCUT2D eigenvalue weighted by atomic mass is 9.96. The van der Waals surface area contributed by atoms with E-state index in [0.29, 0.717) is 17.7 Å². The quantitative estimate of drug-likeness (QED) is 0.251. The fraction of sp³-hybridized carbons (Fsp3) is 0.889. The van der Waals surface area contributed by atoms with Crippen molar-refractivity contribution in [3.05, 3.63) is 10.6 Å². The number of aliphatic hydroxyl groups excluding tert-OH is 2. The third-order valence-corrected chi connectivity index (χ3v) is 8.38. The Labute approximate surface area is 174 Å². The summed E-state index contributed by atoms with van der Waals surface area (Å²) < 4.78 is 23.3. The van der Waals surface area contributed by atoms with Gasteiger partial charge in [-0.15, -0.1) is 0 Å². The molecule has 1 aliphatic carbocycles. The summed E-state index contributed by atoms with van der Waals surface area (Å²) in [5.74, 6) is 0. The highest BCUT2D eigenvalue weighted by molar-refractivity contribution is 9.11. The molecule has 1 rings (SSSR count). The van der Waals surface area contributed by atoms with Crippen LogP contribution in [-0.2, 0) is 18.9 Å². The number of ether oxygens (including phenoxy) is 4. The number of aliphatic hydroxyl groups is 2. The zero-order valence-electron chi connectivity index (χ0n) is 17.5. The van der Waals surface area contributed by atoms with E-state index in [0.717, 1.165) is 12.1 Å². The lowest BCUT2D eigenvalue weighted by Gasteiger charge is -2.36. The third kappa shape index (κ3) is 10.7. The predicted octanol–water partition coefficient (Wildman–Crippen LogP) is 3.40. The van der Waals surface area contributed by atoms with Crippen LogP contribution in [0.1, 0.15) is 0 Å². The van der Waals surface area contributed by atoms with Crippen molar-refractivity contribution in [1.29, 1.82) is 0 Å². The molecule has 160 valence electrons. The van der Waals surface area contributed by atoms with Crippen LogP contribution in [0.2, 0.25) is 51.4 Å². The Morgan fingerprint density at radius 2 is 1.37 bits per heavy atom. The molecule has 27 heavy (non-hydrogen) atoms. The topological polar surface area (TPSA) is 77.4 Å². The van der Waals surface area contributed by atoms with Gasteiger partial charge in [-0.05, 0) is 18.2 Å². The van der Waals surface area contributed by atoms with Gasteiger partial charge in [-0.1, -0.05) is 55.2 Å². The van der Waals surface area contributed by atoms with Gasteiger partial charge in [0, 0.05) is 33.8 Å². The van der Waals surface area contributed by atoms with Crippen molar-refractivity contribution < 1.29 is 29.2 Å². The standard InChI is InChI=1S/C18H37BrO6Si2/c1-26(2,3)9-7-22-12-24-17-14(19)11-15(20)16(21)18(17)25-13-23-8-10-27(4,5)6/h11,15-18,20-21H,7-10,12-13H2,1-6H3/t15-,16-,17+,18-/m0/s1. The van der Waals surface area contributed by atoms with Gasteiger partial charge in [0.25, 0.3) is 0 Å². The maximum atomic E-state index is 10.3. The van der Waals surface area contributed by atoms with Crippen molar-refractivity contribution in [2.24, 2.45) is 0 Å². The number of halogens is 1. The van der Waals surface area contributed by atoms with Crippen LogP contribution in [0.15, 0.2) is 10.6 Å². The number of hydrogen-bond acceptors (Lipinski definition) is 6. The first-order valence-electron chi connectivity index (χ1n) is 9.53. The molecule has 0 fully saturated rings. The first-order valence-corrected chi connectivity index (χ1v) is 17.7. The Morgan fingerprint density at radius 3 is 1.85 bits per heavy atom. The highest BCUT2D eigenvalue weighted by Crippen LogP contribution is 2.29. The second kappa shape index (κ2) is 11.6. The second-order valence-corrected chi connectivity index (χ2v) is 21.6. The Hall–Kier alpha value is 0.414. The maximum absolute atomic E-state index is 10.3. The second-order valence-electron chi connectivity index (χ2n) is 9.42. The van der Waals surface area contributed by atoms with Crippen molar-refractivity contribution >= 4 is 32.1 Å². The van der Waals surface area contributed by atoms with Gasteiger partial charge in [0.2, 0.25) is 0 Å². The summed E-state index contributed by atoms with van der Waals surface area (Å²) in [7, 11) is -2.31. The molecule has 0 saturated carbocycles. The molecule has 0 radical (unpaired) electrons. The zero-order chi connectivity index (χ0) is 20.7. The molecule has 0 aromatic heterocycles. The van der Waals surface area contributed by atoms with Crippen LogP contribution in [-0.4, -0.2) is 77.6 Å². The normalized spacial score (nSPS) is 26.9. The minimum atomic E-state index is -1.16.